The Morgan fingerprint density at radius 2 is 1.59 bits per heavy atom. The molecule has 2 amide bonds. The Bertz CT molecular complexity index is 562. The molecular weight excluding hydrogens is 216 g/mol. The molecule has 0 bridgehead atoms. The molecule has 0 saturated heterocycles. The van der Waals surface area contributed by atoms with Crippen molar-refractivity contribution in [2.75, 3.05) is 0 Å². The van der Waals surface area contributed by atoms with Gasteiger partial charge >= 0.3 is 0 Å². The molecule has 2 aliphatic heterocycles. The van der Waals surface area contributed by atoms with Crippen LogP contribution in [0.5, 0.6) is 0 Å². The monoisotopic (exact) mass is 230 g/mol. The highest BCUT2D eigenvalue weighted by atomic mass is 16.2. The van der Waals surface area contributed by atoms with Gasteiger partial charge in [0.25, 0.3) is 11.8 Å². The minimum atomic E-state index is -0.541. The second kappa shape index (κ2) is 3.52. The van der Waals surface area contributed by atoms with E-state index in [1.807, 2.05) is 27.7 Å². The van der Waals surface area contributed by atoms with Gasteiger partial charge in [-0.1, -0.05) is 6.58 Å². The van der Waals surface area contributed by atoms with Crippen LogP contribution in [0.4, 0.5) is 0 Å². The first-order chi connectivity index (χ1) is 7.86. The Hall–Kier alpha value is -1.97. The van der Waals surface area contributed by atoms with Crippen LogP contribution in [0.15, 0.2) is 39.6 Å². The maximum Gasteiger partial charge on any atom is 0.283 e. The minimum Gasteiger partial charge on any atom is -0.268 e. The highest BCUT2D eigenvalue weighted by molar-refractivity contribution is 6.31. The molecule has 2 aliphatic rings. The average molecular weight is 230 g/mol. The van der Waals surface area contributed by atoms with Gasteiger partial charge in [0, 0.05) is 5.70 Å². The fourth-order valence-electron chi connectivity index (χ4n) is 1.99. The van der Waals surface area contributed by atoms with Crippen LogP contribution < -0.4 is 0 Å². The number of hydrogen-bond donors (Lipinski definition) is 0. The second-order valence-corrected chi connectivity index (χ2v) is 4.32. The molecular formula is C13H14N2O2. The van der Waals surface area contributed by atoms with E-state index in [0.29, 0.717) is 5.84 Å². The number of hydrogen-bond acceptors (Lipinski definition) is 2. The Morgan fingerprint density at radius 1 is 1.00 bits per heavy atom. The summed E-state index contributed by atoms with van der Waals surface area (Å²) in [7, 11) is 0. The maximum absolute atomic E-state index is 12.0. The molecule has 4 nitrogen and oxygen atoms in total. The van der Waals surface area contributed by atoms with Gasteiger partial charge in [0.05, 0.1) is 0 Å². The van der Waals surface area contributed by atoms with Crippen LogP contribution in [0.3, 0.4) is 0 Å². The van der Waals surface area contributed by atoms with Crippen molar-refractivity contribution in [2.24, 2.45) is 4.99 Å². The third kappa shape index (κ3) is 1.40. The first kappa shape index (κ1) is 11.5. The summed E-state index contributed by atoms with van der Waals surface area (Å²) in [5.41, 5.74) is 3.70. The average Bonchev–Trinajstić information content (AvgIpc) is 2.30. The Kier molecular flexibility index (Phi) is 2.38. The molecule has 0 fully saturated rings. The number of fused-ring (bicyclic) bond motifs is 1. The van der Waals surface area contributed by atoms with E-state index in [0.717, 1.165) is 22.4 Å². The van der Waals surface area contributed by atoms with Crippen molar-refractivity contribution in [3.63, 3.8) is 0 Å². The lowest BCUT2D eigenvalue weighted by Gasteiger charge is -2.34. The maximum atomic E-state index is 12.0. The first-order valence-electron chi connectivity index (χ1n) is 5.38. The molecule has 0 aromatic heterocycles. The van der Waals surface area contributed by atoms with Crippen molar-refractivity contribution >= 4 is 17.6 Å². The highest BCUT2D eigenvalue weighted by Gasteiger charge is 2.36. The summed E-state index contributed by atoms with van der Waals surface area (Å²) in [5, 5.41) is 0. The van der Waals surface area contributed by atoms with Gasteiger partial charge in [-0.3, -0.25) is 14.5 Å². The number of allylic oxidation sites excluding steroid dienone is 3. The summed E-state index contributed by atoms with van der Waals surface area (Å²) in [4.78, 5) is 29.0. The van der Waals surface area contributed by atoms with Crippen LogP contribution in [-0.2, 0) is 9.59 Å². The normalized spacial score (nSPS) is 21.1. The van der Waals surface area contributed by atoms with Crippen LogP contribution in [0.1, 0.15) is 27.7 Å². The number of carbonyl (C=O) groups excluding carboxylic acids is 2. The van der Waals surface area contributed by atoms with Crippen LogP contribution in [-0.4, -0.2) is 22.5 Å². The van der Waals surface area contributed by atoms with Gasteiger partial charge in [0.2, 0.25) is 0 Å². The van der Waals surface area contributed by atoms with Crippen LogP contribution in [0.2, 0.25) is 0 Å². The summed E-state index contributed by atoms with van der Waals surface area (Å²) in [6.07, 6.45) is 0. The Labute approximate surface area is 100 Å². The zero-order valence-corrected chi connectivity index (χ0v) is 10.4. The zero-order chi connectivity index (χ0) is 12.9. The van der Waals surface area contributed by atoms with Crippen molar-refractivity contribution in [3.8, 4) is 0 Å². The second-order valence-electron chi connectivity index (χ2n) is 4.32. The van der Waals surface area contributed by atoms with E-state index in [1.165, 1.54) is 4.90 Å². The SMILES string of the molecule is C=C1C(=O)N=C2C(C)=C(C)C(C)=C(C)N2C1=O. The van der Waals surface area contributed by atoms with Crippen LogP contribution in [0, 0.1) is 0 Å². The molecule has 0 atom stereocenters. The third-order valence-corrected chi connectivity index (χ3v) is 3.48. The quantitative estimate of drug-likeness (QED) is 0.471. The van der Waals surface area contributed by atoms with E-state index in [4.69, 9.17) is 0 Å². The lowest BCUT2D eigenvalue weighted by molar-refractivity contribution is -0.126. The van der Waals surface area contributed by atoms with Gasteiger partial charge < -0.3 is 0 Å². The number of carbonyl (C=O) groups is 2. The van der Waals surface area contributed by atoms with Gasteiger partial charge in [0.1, 0.15) is 11.4 Å². The Balaban J connectivity index is 2.73. The van der Waals surface area contributed by atoms with Crippen LogP contribution in [0.25, 0.3) is 0 Å². The van der Waals surface area contributed by atoms with E-state index in [2.05, 4.69) is 11.6 Å². The van der Waals surface area contributed by atoms with E-state index in [9.17, 15) is 9.59 Å². The standard InChI is InChI=1S/C13H14N2O2/c1-6-7(2)10(5)15-11(8(6)3)14-12(16)9(4)13(15)17/h4H2,1-3,5H3. The number of nitrogens with zero attached hydrogens (tertiary/aromatic N) is 2. The number of aliphatic imine (C=N–C) groups is 1. The topological polar surface area (TPSA) is 49.7 Å². The molecule has 17 heavy (non-hydrogen) atoms. The molecule has 0 unspecified atom stereocenters. The lowest BCUT2D eigenvalue weighted by Crippen LogP contribution is -2.44. The molecule has 0 saturated carbocycles. The first-order valence-corrected chi connectivity index (χ1v) is 5.38. The van der Waals surface area contributed by atoms with E-state index < -0.39 is 5.91 Å². The number of rotatable bonds is 0. The predicted octanol–water partition coefficient (Wildman–Crippen LogP) is 1.95. The summed E-state index contributed by atoms with van der Waals surface area (Å²) in [5.74, 6) is -0.475. The summed E-state index contributed by atoms with van der Waals surface area (Å²) < 4.78 is 0. The van der Waals surface area contributed by atoms with Gasteiger partial charge in [-0.25, -0.2) is 0 Å². The molecule has 0 N–H and O–H groups in total. The van der Waals surface area contributed by atoms with Crippen molar-refractivity contribution in [1.82, 2.24) is 4.90 Å². The largest absolute Gasteiger partial charge is 0.283 e. The number of amides is 2. The van der Waals surface area contributed by atoms with Gasteiger partial charge in [-0.2, -0.15) is 4.99 Å². The molecule has 0 radical (unpaired) electrons. The fourth-order valence-corrected chi connectivity index (χ4v) is 1.99. The van der Waals surface area contributed by atoms with E-state index in [-0.39, 0.29) is 11.5 Å². The molecule has 0 aliphatic carbocycles. The molecule has 4 heteroatoms. The highest BCUT2D eigenvalue weighted by Crippen LogP contribution is 2.31. The summed E-state index contributed by atoms with van der Waals surface area (Å²) >= 11 is 0. The smallest absolute Gasteiger partial charge is 0.268 e. The van der Waals surface area contributed by atoms with Crippen molar-refractivity contribution in [1.29, 1.82) is 0 Å². The van der Waals surface area contributed by atoms with Gasteiger partial charge in [0.15, 0.2) is 0 Å². The molecule has 0 aromatic rings. The minimum absolute atomic E-state index is 0.0757. The zero-order valence-electron chi connectivity index (χ0n) is 10.4. The summed E-state index contributed by atoms with van der Waals surface area (Å²) in [6.45, 7) is 11.1. The predicted molar refractivity (Wildman–Crippen MR) is 65.2 cm³/mol. The van der Waals surface area contributed by atoms with Gasteiger partial charge in [-0.05, 0) is 44.4 Å². The third-order valence-electron chi connectivity index (χ3n) is 3.48. The van der Waals surface area contributed by atoms with Gasteiger partial charge in [-0.15, -0.1) is 0 Å². The van der Waals surface area contributed by atoms with E-state index >= 15 is 0 Å². The van der Waals surface area contributed by atoms with Crippen molar-refractivity contribution in [2.45, 2.75) is 27.7 Å². The number of amidine groups is 1. The van der Waals surface area contributed by atoms with Crippen molar-refractivity contribution < 1.29 is 9.59 Å². The van der Waals surface area contributed by atoms with Crippen LogP contribution >= 0.6 is 0 Å². The fraction of sp³-hybridized carbons (Fsp3) is 0.308. The molecule has 88 valence electrons. The molecule has 2 heterocycles. The Morgan fingerprint density at radius 3 is 2.18 bits per heavy atom. The summed E-state index contributed by atoms with van der Waals surface area (Å²) in [6, 6.07) is 0. The molecule has 0 spiro atoms. The lowest BCUT2D eigenvalue weighted by atomic mass is 9.94. The molecule has 2 rings (SSSR count). The molecule has 0 aromatic carbocycles. The van der Waals surface area contributed by atoms with Crippen molar-refractivity contribution in [3.05, 3.63) is 34.6 Å². The van der Waals surface area contributed by atoms with E-state index in [1.54, 1.807) is 0 Å².